The summed E-state index contributed by atoms with van der Waals surface area (Å²) in [6, 6.07) is 15.5. The quantitative estimate of drug-likeness (QED) is 0.484. The Balaban J connectivity index is 1.95. The number of hydrogen-bond acceptors (Lipinski definition) is 3. The van der Waals surface area contributed by atoms with Crippen molar-refractivity contribution in [2.24, 2.45) is 5.84 Å². The molecule has 0 saturated carbocycles. The van der Waals surface area contributed by atoms with Crippen molar-refractivity contribution in [3.63, 3.8) is 0 Å². The summed E-state index contributed by atoms with van der Waals surface area (Å²) in [7, 11) is 0. The molecule has 0 aliphatic rings. The molecule has 0 radical (unpaired) electrons. The normalized spacial score (nSPS) is 12.4. The van der Waals surface area contributed by atoms with Crippen LogP contribution in [0.3, 0.4) is 0 Å². The van der Waals surface area contributed by atoms with Crippen molar-refractivity contribution >= 4 is 11.8 Å². The molecule has 0 amide bonds. The predicted molar refractivity (Wildman–Crippen MR) is 92.6 cm³/mol. The third-order valence-corrected chi connectivity index (χ3v) is 4.89. The number of nitrogens with two attached hydrogens (primary N) is 1. The minimum Gasteiger partial charge on any atom is -0.271 e. The Hall–Kier alpha value is -1.29. The number of nitrogens with one attached hydrogen (secondary N) is 1. The van der Waals surface area contributed by atoms with Crippen molar-refractivity contribution in [1.82, 2.24) is 5.43 Å². The van der Waals surface area contributed by atoms with Crippen molar-refractivity contribution in [3.8, 4) is 0 Å². The Bertz CT molecular complexity index is 596. The molecule has 1 unspecified atom stereocenters. The fourth-order valence-corrected chi connectivity index (χ4v) is 3.33. The molecule has 0 aromatic heterocycles. The molecule has 3 N–H and O–H groups in total. The van der Waals surface area contributed by atoms with Crippen molar-refractivity contribution < 1.29 is 0 Å². The van der Waals surface area contributed by atoms with E-state index in [1.807, 2.05) is 11.8 Å². The lowest BCUT2D eigenvalue weighted by atomic mass is 10.0. The Kier molecular flexibility index (Phi) is 5.85. The van der Waals surface area contributed by atoms with Gasteiger partial charge in [0.2, 0.25) is 0 Å². The predicted octanol–water partition coefficient (Wildman–Crippen LogP) is 3.78. The highest BCUT2D eigenvalue weighted by molar-refractivity contribution is 7.99. The van der Waals surface area contributed by atoms with Gasteiger partial charge in [0.25, 0.3) is 0 Å². The molecule has 21 heavy (non-hydrogen) atoms. The van der Waals surface area contributed by atoms with E-state index in [1.54, 1.807) is 0 Å². The topological polar surface area (TPSA) is 38.0 Å². The summed E-state index contributed by atoms with van der Waals surface area (Å²) in [4.78, 5) is 1.30. The fraction of sp³-hybridized carbons (Fsp3) is 0.333. The van der Waals surface area contributed by atoms with E-state index in [4.69, 9.17) is 5.84 Å². The minimum absolute atomic E-state index is 0.276. The van der Waals surface area contributed by atoms with Gasteiger partial charge >= 0.3 is 0 Å². The minimum atomic E-state index is 0.276. The van der Waals surface area contributed by atoms with E-state index in [0.29, 0.717) is 0 Å². The van der Waals surface area contributed by atoms with Crippen LogP contribution >= 0.6 is 11.8 Å². The summed E-state index contributed by atoms with van der Waals surface area (Å²) in [5.41, 5.74) is 8.27. The largest absolute Gasteiger partial charge is 0.271 e. The number of thioether (sulfide) groups is 1. The molecule has 0 fully saturated rings. The second-order valence-electron chi connectivity index (χ2n) is 5.61. The molecule has 0 saturated heterocycles. The van der Waals surface area contributed by atoms with Gasteiger partial charge in [-0.15, -0.1) is 11.8 Å². The van der Waals surface area contributed by atoms with Gasteiger partial charge < -0.3 is 0 Å². The van der Waals surface area contributed by atoms with Crippen LogP contribution in [0.5, 0.6) is 0 Å². The van der Waals surface area contributed by atoms with Crippen molar-refractivity contribution in [2.75, 3.05) is 5.75 Å². The number of rotatable bonds is 6. The zero-order valence-electron chi connectivity index (χ0n) is 13.0. The number of aryl methyl sites for hydroxylation is 3. The smallest absolute Gasteiger partial charge is 0.0344 e. The van der Waals surface area contributed by atoms with Crippen molar-refractivity contribution in [1.29, 1.82) is 0 Å². The molecule has 1 atom stereocenters. The molecule has 2 aromatic rings. The first-order valence-corrected chi connectivity index (χ1v) is 8.29. The van der Waals surface area contributed by atoms with Crippen LogP contribution in [0.4, 0.5) is 0 Å². The Morgan fingerprint density at radius 3 is 2.52 bits per heavy atom. The zero-order valence-corrected chi connectivity index (χ0v) is 13.8. The van der Waals surface area contributed by atoms with E-state index in [9.17, 15) is 0 Å². The summed E-state index contributed by atoms with van der Waals surface area (Å²) in [5, 5.41) is 0. The molecule has 2 rings (SSSR count). The maximum atomic E-state index is 5.72. The Morgan fingerprint density at radius 2 is 1.86 bits per heavy atom. The number of hydrazine groups is 1. The maximum absolute atomic E-state index is 5.72. The summed E-state index contributed by atoms with van der Waals surface area (Å²) >= 11 is 1.85. The second kappa shape index (κ2) is 7.64. The lowest BCUT2D eigenvalue weighted by Gasteiger charge is -2.16. The first-order chi connectivity index (χ1) is 10.1. The highest BCUT2D eigenvalue weighted by Gasteiger charge is 2.09. The van der Waals surface area contributed by atoms with Crippen LogP contribution in [0.15, 0.2) is 47.4 Å². The van der Waals surface area contributed by atoms with Gasteiger partial charge in [-0.25, -0.2) is 0 Å². The number of hydrogen-bond donors (Lipinski definition) is 2. The molecule has 112 valence electrons. The summed E-state index contributed by atoms with van der Waals surface area (Å²) in [5.74, 6) is 6.68. The highest BCUT2D eigenvalue weighted by atomic mass is 32.2. The van der Waals surface area contributed by atoms with Gasteiger partial charge in [0.05, 0.1) is 0 Å². The molecular formula is C18H24N2S. The lowest BCUT2D eigenvalue weighted by Crippen LogP contribution is -2.38. The van der Waals surface area contributed by atoms with Crippen LogP contribution in [-0.2, 0) is 6.42 Å². The van der Waals surface area contributed by atoms with Crippen LogP contribution in [0.25, 0.3) is 0 Å². The first-order valence-electron chi connectivity index (χ1n) is 7.30. The average molecular weight is 300 g/mol. The van der Waals surface area contributed by atoms with Crippen LogP contribution in [-0.4, -0.2) is 11.8 Å². The SMILES string of the molecule is Cc1cccc(SCC(Cc2ccc(C)c(C)c2)NN)c1. The monoisotopic (exact) mass is 300 g/mol. The van der Waals surface area contributed by atoms with E-state index < -0.39 is 0 Å². The molecule has 2 nitrogen and oxygen atoms in total. The summed E-state index contributed by atoms with van der Waals surface area (Å²) in [6.07, 6.45) is 0.955. The average Bonchev–Trinajstić information content (AvgIpc) is 2.47. The molecular weight excluding hydrogens is 276 g/mol. The standard InChI is InChI=1S/C18H24N2S/c1-13-5-4-6-18(9-13)21-12-17(20-19)11-16-8-7-14(2)15(3)10-16/h4-10,17,20H,11-12,19H2,1-3H3. The summed E-state index contributed by atoms with van der Waals surface area (Å²) < 4.78 is 0. The molecule has 2 aromatic carbocycles. The molecule has 0 aliphatic carbocycles. The third-order valence-electron chi connectivity index (χ3n) is 3.73. The number of benzene rings is 2. The van der Waals surface area contributed by atoms with E-state index in [2.05, 4.69) is 68.7 Å². The van der Waals surface area contributed by atoms with Crippen LogP contribution < -0.4 is 11.3 Å². The second-order valence-corrected chi connectivity index (χ2v) is 6.71. The van der Waals surface area contributed by atoms with Gasteiger partial charge in [-0.3, -0.25) is 11.3 Å². The van der Waals surface area contributed by atoms with E-state index in [1.165, 1.54) is 27.1 Å². The van der Waals surface area contributed by atoms with Gasteiger partial charge in [0.1, 0.15) is 0 Å². The third kappa shape index (κ3) is 4.88. The van der Waals surface area contributed by atoms with Gasteiger partial charge in [-0.2, -0.15) is 0 Å². The van der Waals surface area contributed by atoms with Crippen molar-refractivity contribution in [3.05, 3.63) is 64.7 Å². The van der Waals surface area contributed by atoms with Crippen molar-refractivity contribution in [2.45, 2.75) is 38.1 Å². The van der Waals surface area contributed by atoms with Gasteiger partial charge in [-0.05, 0) is 56.0 Å². The lowest BCUT2D eigenvalue weighted by molar-refractivity contribution is 0.575. The van der Waals surface area contributed by atoms with E-state index in [-0.39, 0.29) is 6.04 Å². The first kappa shape index (κ1) is 16.1. The molecule has 0 bridgehead atoms. The van der Waals surface area contributed by atoms with E-state index >= 15 is 0 Å². The van der Waals surface area contributed by atoms with E-state index in [0.717, 1.165) is 12.2 Å². The molecule has 0 aliphatic heterocycles. The Morgan fingerprint density at radius 1 is 1.05 bits per heavy atom. The van der Waals surface area contributed by atoms with Crippen LogP contribution in [0, 0.1) is 20.8 Å². The summed E-state index contributed by atoms with van der Waals surface area (Å²) in [6.45, 7) is 6.42. The molecule has 0 heterocycles. The molecule has 3 heteroatoms. The van der Waals surface area contributed by atoms with Gasteiger partial charge in [0.15, 0.2) is 0 Å². The van der Waals surface area contributed by atoms with Crippen LogP contribution in [0.2, 0.25) is 0 Å². The fourth-order valence-electron chi connectivity index (χ4n) is 2.28. The zero-order chi connectivity index (χ0) is 15.2. The Labute approximate surface area is 132 Å². The molecule has 0 spiro atoms. The van der Waals surface area contributed by atoms with Gasteiger partial charge in [-0.1, -0.05) is 35.9 Å². The highest BCUT2D eigenvalue weighted by Crippen LogP contribution is 2.21. The van der Waals surface area contributed by atoms with Gasteiger partial charge in [0, 0.05) is 16.7 Å². The van der Waals surface area contributed by atoms with Crippen LogP contribution in [0.1, 0.15) is 22.3 Å². The maximum Gasteiger partial charge on any atom is 0.0344 e.